The summed E-state index contributed by atoms with van der Waals surface area (Å²) < 4.78 is 40.3. The summed E-state index contributed by atoms with van der Waals surface area (Å²) in [7, 11) is 1.79. The summed E-state index contributed by atoms with van der Waals surface area (Å²) >= 11 is 0. The lowest BCUT2D eigenvalue weighted by Gasteiger charge is -2.64. The van der Waals surface area contributed by atoms with E-state index in [1.807, 2.05) is 0 Å². The van der Waals surface area contributed by atoms with Crippen LogP contribution in [0.3, 0.4) is 0 Å². The molecule has 4 N–H and O–H groups in total. The first-order valence-corrected chi connectivity index (χ1v) is 23.8. The molecule has 0 saturated heterocycles. The van der Waals surface area contributed by atoms with Crippen LogP contribution in [0.25, 0.3) is 0 Å². The molecule has 4 rings (SSSR count). The third-order valence-electron chi connectivity index (χ3n) is 14.0. The second-order valence-corrected chi connectivity index (χ2v) is 22.3. The normalized spacial score (nSPS) is 29.8. The Kier molecular flexibility index (Phi) is 18.2. The van der Waals surface area contributed by atoms with Gasteiger partial charge < -0.3 is 54.4 Å². The number of carbonyl (C=O) groups is 7. The molecule has 4 aliphatic rings. The summed E-state index contributed by atoms with van der Waals surface area (Å²) in [5, 5.41) is 10.5. The largest absolute Gasteiger partial charge is 0.464 e. The molecular weight excluding hydrogens is 857 g/mol. The van der Waals surface area contributed by atoms with E-state index in [-0.39, 0.29) is 66.5 Å². The highest BCUT2D eigenvalue weighted by Crippen LogP contribution is 2.69. The number of hydrogen-bond donors (Lipinski definition) is 4. The monoisotopic (exact) mass is 937 g/mol. The first-order chi connectivity index (χ1) is 30.5. The quantitative estimate of drug-likeness (QED) is 0.0750. The molecule has 4 fully saturated rings. The van der Waals surface area contributed by atoms with Gasteiger partial charge in [0.15, 0.2) is 0 Å². The highest BCUT2D eigenvalue weighted by Gasteiger charge is 2.68. The molecular formula is C48H80N4O14. The third-order valence-corrected chi connectivity index (χ3v) is 14.0. The van der Waals surface area contributed by atoms with Gasteiger partial charge in [-0.2, -0.15) is 0 Å². The van der Waals surface area contributed by atoms with E-state index in [0.717, 1.165) is 12.8 Å². The maximum absolute atomic E-state index is 13.8. The van der Waals surface area contributed by atoms with Gasteiger partial charge in [0.25, 0.3) is 0 Å². The van der Waals surface area contributed by atoms with Crippen molar-refractivity contribution in [2.45, 2.75) is 176 Å². The first kappa shape index (κ1) is 54.3. The van der Waals surface area contributed by atoms with Crippen molar-refractivity contribution in [3.8, 4) is 0 Å². The van der Waals surface area contributed by atoms with Gasteiger partial charge in [-0.05, 0) is 156 Å². The van der Waals surface area contributed by atoms with Crippen molar-refractivity contribution in [2.75, 3.05) is 39.8 Å². The Bertz CT molecular complexity index is 1740. The zero-order chi connectivity index (χ0) is 49.4. The summed E-state index contributed by atoms with van der Waals surface area (Å²) in [5.41, 5.74) is -3.28. The second-order valence-electron chi connectivity index (χ2n) is 22.3. The van der Waals surface area contributed by atoms with Gasteiger partial charge >= 0.3 is 42.2 Å². The van der Waals surface area contributed by atoms with Crippen LogP contribution in [0.5, 0.6) is 0 Å². The second kappa shape index (κ2) is 22.2. The van der Waals surface area contributed by atoms with E-state index in [1.165, 1.54) is 0 Å². The van der Waals surface area contributed by atoms with Gasteiger partial charge in [0.05, 0.1) is 0 Å². The van der Waals surface area contributed by atoms with E-state index < -0.39 is 89.8 Å². The molecule has 11 atom stereocenters. The summed E-state index contributed by atoms with van der Waals surface area (Å²) in [6, 6.07) is 0. The smallest absolute Gasteiger partial charge is 0.408 e. The van der Waals surface area contributed by atoms with Crippen LogP contribution in [0.1, 0.15) is 141 Å². The van der Waals surface area contributed by atoms with E-state index in [2.05, 4.69) is 42.0 Å². The molecule has 18 heteroatoms. The van der Waals surface area contributed by atoms with Crippen LogP contribution in [0.2, 0.25) is 0 Å². The molecule has 0 unspecified atom stereocenters. The molecule has 0 aromatic heterocycles. The van der Waals surface area contributed by atoms with Crippen LogP contribution >= 0.6 is 0 Å². The highest BCUT2D eigenvalue weighted by atomic mass is 16.6. The van der Waals surface area contributed by atoms with Crippen LogP contribution in [-0.2, 0) is 52.3 Å². The lowest BCUT2D eigenvalue weighted by Crippen LogP contribution is -2.64. The van der Waals surface area contributed by atoms with Crippen molar-refractivity contribution in [3.05, 3.63) is 0 Å². The van der Waals surface area contributed by atoms with Crippen molar-refractivity contribution < 1.29 is 66.7 Å². The predicted octanol–water partition coefficient (Wildman–Crippen LogP) is 6.35. The Labute approximate surface area is 391 Å². The van der Waals surface area contributed by atoms with Crippen molar-refractivity contribution in [3.63, 3.8) is 0 Å². The lowest BCUT2D eigenvalue weighted by atomic mass is 9.43. The molecule has 4 aliphatic carbocycles. The topological polar surface area (TPSA) is 232 Å². The molecule has 0 aromatic rings. The van der Waals surface area contributed by atoms with E-state index in [0.29, 0.717) is 45.1 Å². The molecule has 4 saturated carbocycles. The van der Waals surface area contributed by atoms with Crippen LogP contribution in [0.4, 0.5) is 14.4 Å². The molecule has 0 aromatic carbocycles. The summed E-state index contributed by atoms with van der Waals surface area (Å²) in [5.74, 6) is -2.56. The minimum absolute atomic E-state index is 0.00493. The van der Waals surface area contributed by atoms with Crippen LogP contribution in [0, 0.1) is 46.3 Å². The maximum Gasteiger partial charge on any atom is 0.408 e. The number of rotatable bonds is 16. The Balaban J connectivity index is 1.66. The highest BCUT2D eigenvalue weighted by molar-refractivity contribution is 5.79. The van der Waals surface area contributed by atoms with Crippen molar-refractivity contribution in [1.29, 1.82) is 0 Å². The Morgan fingerprint density at radius 1 is 0.636 bits per heavy atom. The lowest BCUT2D eigenvalue weighted by molar-refractivity contribution is -0.225. The van der Waals surface area contributed by atoms with Gasteiger partial charge in [-0.1, -0.05) is 20.8 Å². The number of nitrogens with one attached hydrogen (secondary N) is 4. The Morgan fingerprint density at radius 3 is 1.67 bits per heavy atom. The standard InChI is InChI=1S/C48H80N4O14/c1-28(14-17-36(53)60-21-20-49-13)31-15-16-32-40-33(24-35(48(31,32)12)63-39(56)27-52-43(59)66-46(8,9)10)47(11)19-18-30(61-37(54)25-50-41(57)64-44(2,3)4)22-29(47)23-34(40)62-38(55)26-51-42(58)65-45(5,6)7/h28-35,40,49H,14-27H2,1-13H3,(H,50,57)(H,51,58)(H,52,59)/t28-,29+,30-,31-,32+,33+,34-,35+,40+,47+,48-/m1/s1. The summed E-state index contributed by atoms with van der Waals surface area (Å²) in [4.78, 5) is 90.9. The predicted molar refractivity (Wildman–Crippen MR) is 242 cm³/mol. The fourth-order valence-electron chi connectivity index (χ4n) is 11.4. The van der Waals surface area contributed by atoms with Crippen molar-refractivity contribution >= 4 is 42.2 Å². The zero-order valence-electron chi connectivity index (χ0n) is 41.8. The molecule has 0 heterocycles. The van der Waals surface area contributed by atoms with Crippen molar-refractivity contribution in [1.82, 2.24) is 21.3 Å². The molecule has 18 nitrogen and oxygen atoms in total. The molecule has 0 aliphatic heterocycles. The Hall–Kier alpha value is -4.35. The number of amides is 3. The van der Waals surface area contributed by atoms with Crippen molar-refractivity contribution in [2.24, 2.45) is 46.3 Å². The zero-order valence-corrected chi connectivity index (χ0v) is 41.8. The number of hydrogen-bond acceptors (Lipinski definition) is 15. The van der Waals surface area contributed by atoms with Gasteiger partial charge in [-0.25, -0.2) is 14.4 Å². The van der Waals surface area contributed by atoms with E-state index in [9.17, 15) is 33.6 Å². The average Bonchev–Trinajstić information content (AvgIpc) is 3.54. The van der Waals surface area contributed by atoms with E-state index in [4.69, 9.17) is 33.2 Å². The number of esters is 4. The molecule has 0 bridgehead atoms. The first-order valence-electron chi connectivity index (χ1n) is 23.8. The number of alkyl carbamates (subject to hydrolysis) is 3. The fourth-order valence-corrected chi connectivity index (χ4v) is 11.4. The van der Waals surface area contributed by atoms with Gasteiger partial charge in [0.1, 0.15) is 61.4 Å². The minimum Gasteiger partial charge on any atom is -0.464 e. The molecule has 0 spiro atoms. The van der Waals surface area contributed by atoms with Crippen LogP contribution in [0.15, 0.2) is 0 Å². The maximum atomic E-state index is 13.8. The number of ether oxygens (including phenoxy) is 7. The Morgan fingerprint density at radius 2 is 1.15 bits per heavy atom. The number of fused-ring (bicyclic) bond motifs is 5. The number of carbonyl (C=O) groups excluding carboxylic acids is 7. The van der Waals surface area contributed by atoms with E-state index in [1.54, 1.807) is 69.4 Å². The molecule has 3 amide bonds. The fraction of sp³-hybridized carbons (Fsp3) is 0.854. The summed E-state index contributed by atoms with van der Waals surface area (Å²) in [6.07, 6.45) is 1.00. The molecule has 376 valence electrons. The van der Waals surface area contributed by atoms with Gasteiger partial charge in [-0.15, -0.1) is 0 Å². The average molecular weight is 937 g/mol. The van der Waals surface area contributed by atoms with Crippen LogP contribution in [-0.4, -0.2) is 117 Å². The van der Waals surface area contributed by atoms with Crippen LogP contribution < -0.4 is 21.3 Å². The SMILES string of the molecule is CNCCOC(=O)CC[C@@H](C)[C@H]1CC[C@H]2[C@@H]3[C@H](OC(=O)CNC(=O)OC(C)(C)C)C[C@@H]4C[C@H](OC(=O)CNC(=O)OC(C)(C)C)CC[C@]4(C)[C@H]3C[C@H](OC(=O)CNC(=O)OC(C)(C)C)[C@]12C. The minimum atomic E-state index is -0.775. The molecule has 0 radical (unpaired) electrons. The molecule has 66 heavy (non-hydrogen) atoms. The van der Waals surface area contributed by atoms with Gasteiger partial charge in [-0.3, -0.25) is 19.2 Å². The van der Waals surface area contributed by atoms with E-state index >= 15 is 0 Å². The van der Waals surface area contributed by atoms with Gasteiger partial charge in [0, 0.05) is 24.3 Å². The van der Waals surface area contributed by atoms with Gasteiger partial charge in [0.2, 0.25) is 0 Å². The number of likely N-dealkylation sites (N-methyl/N-ethyl adjacent to an activating group) is 1. The third kappa shape index (κ3) is 15.1. The summed E-state index contributed by atoms with van der Waals surface area (Å²) in [6.45, 7) is 21.7.